The van der Waals surface area contributed by atoms with Gasteiger partial charge in [0.1, 0.15) is 17.7 Å². The maximum Gasteiger partial charge on any atom is 0.137 e. The summed E-state index contributed by atoms with van der Waals surface area (Å²) in [5.74, 6) is 0.253. The molecule has 0 spiro atoms. The van der Waals surface area contributed by atoms with E-state index in [-0.39, 0.29) is 5.82 Å². The molecule has 0 aliphatic rings. The van der Waals surface area contributed by atoms with Crippen LogP contribution >= 0.6 is 22.6 Å². The molecule has 5 heteroatoms. The van der Waals surface area contributed by atoms with Gasteiger partial charge in [0.25, 0.3) is 0 Å². The van der Waals surface area contributed by atoms with Gasteiger partial charge in [0.15, 0.2) is 0 Å². The summed E-state index contributed by atoms with van der Waals surface area (Å²) in [6, 6.07) is 5.99. The fourth-order valence-corrected chi connectivity index (χ4v) is 2.37. The number of aliphatic hydroxyl groups excluding tert-OH is 1. The lowest BCUT2D eigenvalue weighted by Crippen LogP contribution is -2.03. The summed E-state index contributed by atoms with van der Waals surface area (Å²) in [6.45, 7) is 0. The number of methoxy groups -OCH3 is 1. The highest BCUT2D eigenvalue weighted by atomic mass is 127. The first-order valence-electron chi connectivity index (χ1n) is 5.24. The van der Waals surface area contributed by atoms with Crippen molar-refractivity contribution in [3.05, 3.63) is 57.2 Å². The van der Waals surface area contributed by atoms with Gasteiger partial charge in [-0.25, -0.2) is 4.39 Å². The molecule has 1 aromatic heterocycles. The third-order valence-electron chi connectivity index (χ3n) is 2.54. The van der Waals surface area contributed by atoms with Crippen molar-refractivity contribution in [2.24, 2.45) is 0 Å². The zero-order valence-corrected chi connectivity index (χ0v) is 11.8. The van der Waals surface area contributed by atoms with E-state index in [0.29, 0.717) is 20.4 Å². The van der Waals surface area contributed by atoms with Crippen LogP contribution in [0.5, 0.6) is 5.75 Å². The van der Waals surface area contributed by atoms with Crippen molar-refractivity contribution in [1.29, 1.82) is 0 Å². The molecule has 18 heavy (non-hydrogen) atoms. The number of halogens is 2. The molecule has 1 unspecified atom stereocenters. The molecule has 0 saturated heterocycles. The molecule has 0 saturated carbocycles. The Balaban J connectivity index is 2.37. The SMILES string of the molecule is COc1cncc(C(O)c2ccc(F)cc2I)c1. The van der Waals surface area contributed by atoms with Gasteiger partial charge in [-0.15, -0.1) is 0 Å². The fraction of sp³-hybridized carbons (Fsp3) is 0.154. The van der Waals surface area contributed by atoms with Crippen molar-refractivity contribution in [1.82, 2.24) is 4.98 Å². The van der Waals surface area contributed by atoms with Gasteiger partial charge in [-0.05, 0) is 46.4 Å². The number of aliphatic hydroxyl groups is 1. The second kappa shape index (κ2) is 5.62. The molecule has 1 atom stereocenters. The summed E-state index contributed by atoms with van der Waals surface area (Å²) in [5.41, 5.74) is 1.26. The highest BCUT2D eigenvalue weighted by Gasteiger charge is 2.15. The minimum atomic E-state index is -0.847. The number of nitrogens with zero attached hydrogens (tertiary/aromatic N) is 1. The number of benzene rings is 1. The van der Waals surface area contributed by atoms with Crippen LogP contribution in [-0.2, 0) is 0 Å². The Hall–Kier alpha value is -1.21. The summed E-state index contributed by atoms with van der Waals surface area (Å²) in [6.07, 6.45) is 2.28. The molecular formula is C13H11FINO2. The highest BCUT2D eigenvalue weighted by molar-refractivity contribution is 14.1. The van der Waals surface area contributed by atoms with Crippen LogP contribution in [0.3, 0.4) is 0 Å². The van der Waals surface area contributed by atoms with Crippen LogP contribution in [0.2, 0.25) is 0 Å². The monoisotopic (exact) mass is 359 g/mol. The van der Waals surface area contributed by atoms with Crippen LogP contribution < -0.4 is 4.74 Å². The molecule has 94 valence electrons. The van der Waals surface area contributed by atoms with E-state index in [1.165, 1.54) is 19.2 Å². The molecule has 0 aliphatic carbocycles. The number of hydrogen-bond acceptors (Lipinski definition) is 3. The molecular weight excluding hydrogens is 348 g/mol. The first-order chi connectivity index (χ1) is 8.61. The molecule has 1 aromatic carbocycles. The van der Waals surface area contributed by atoms with Gasteiger partial charge in [0.05, 0.1) is 13.3 Å². The molecule has 0 radical (unpaired) electrons. The van der Waals surface area contributed by atoms with Gasteiger partial charge in [0, 0.05) is 15.3 Å². The van der Waals surface area contributed by atoms with Crippen molar-refractivity contribution < 1.29 is 14.2 Å². The number of pyridine rings is 1. The largest absolute Gasteiger partial charge is 0.495 e. The number of aromatic nitrogens is 1. The summed E-state index contributed by atoms with van der Waals surface area (Å²) in [5, 5.41) is 10.3. The normalized spacial score (nSPS) is 12.2. The average Bonchev–Trinajstić information content (AvgIpc) is 2.38. The van der Waals surface area contributed by atoms with E-state index in [9.17, 15) is 9.50 Å². The van der Waals surface area contributed by atoms with Crippen LogP contribution in [0, 0.1) is 9.39 Å². The molecule has 2 aromatic rings. The van der Waals surface area contributed by atoms with Crippen LogP contribution in [0.1, 0.15) is 17.2 Å². The average molecular weight is 359 g/mol. The maximum atomic E-state index is 13.0. The summed E-state index contributed by atoms with van der Waals surface area (Å²) in [7, 11) is 1.54. The van der Waals surface area contributed by atoms with E-state index in [1.807, 2.05) is 22.6 Å². The van der Waals surface area contributed by atoms with E-state index in [0.717, 1.165) is 0 Å². The molecule has 0 aliphatic heterocycles. The van der Waals surface area contributed by atoms with Crippen molar-refractivity contribution in [2.45, 2.75) is 6.10 Å². The van der Waals surface area contributed by atoms with Crippen molar-refractivity contribution in [3.63, 3.8) is 0 Å². The van der Waals surface area contributed by atoms with Gasteiger partial charge < -0.3 is 9.84 Å². The van der Waals surface area contributed by atoms with Gasteiger partial charge in [-0.1, -0.05) is 6.07 Å². The highest BCUT2D eigenvalue weighted by Crippen LogP contribution is 2.27. The minimum absolute atomic E-state index is 0.320. The Morgan fingerprint density at radius 2 is 2.11 bits per heavy atom. The molecule has 1 N–H and O–H groups in total. The predicted molar refractivity (Wildman–Crippen MR) is 74.0 cm³/mol. The zero-order valence-electron chi connectivity index (χ0n) is 9.60. The first kappa shape index (κ1) is 13.2. The molecule has 2 rings (SSSR count). The van der Waals surface area contributed by atoms with Crippen LogP contribution in [0.25, 0.3) is 0 Å². The second-order valence-corrected chi connectivity index (χ2v) is 4.89. The Labute approximate surface area is 118 Å². The van der Waals surface area contributed by atoms with Crippen molar-refractivity contribution in [3.8, 4) is 5.75 Å². The minimum Gasteiger partial charge on any atom is -0.495 e. The van der Waals surface area contributed by atoms with Crippen molar-refractivity contribution >= 4 is 22.6 Å². The summed E-state index contributed by atoms with van der Waals surface area (Å²) in [4.78, 5) is 3.99. The quantitative estimate of drug-likeness (QED) is 0.857. The Kier molecular flexibility index (Phi) is 4.13. The van der Waals surface area contributed by atoms with E-state index in [2.05, 4.69) is 4.98 Å². The van der Waals surface area contributed by atoms with Gasteiger partial charge in [0.2, 0.25) is 0 Å². The fourth-order valence-electron chi connectivity index (χ4n) is 1.60. The van der Waals surface area contributed by atoms with Gasteiger partial charge in [-0.3, -0.25) is 4.98 Å². The number of hydrogen-bond donors (Lipinski definition) is 1. The Bertz CT molecular complexity index is 562. The van der Waals surface area contributed by atoms with E-state index in [4.69, 9.17) is 4.74 Å². The summed E-state index contributed by atoms with van der Waals surface area (Å²) >= 11 is 1.99. The predicted octanol–water partition coefficient (Wildman–Crippen LogP) is 2.92. The Morgan fingerprint density at radius 1 is 1.33 bits per heavy atom. The van der Waals surface area contributed by atoms with Crippen molar-refractivity contribution in [2.75, 3.05) is 7.11 Å². The van der Waals surface area contributed by atoms with Gasteiger partial charge >= 0.3 is 0 Å². The zero-order chi connectivity index (χ0) is 13.1. The number of rotatable bonds is 3. The number of ether oxygens (including phenoxy) is 1. The molecule has 0 amide bonds. The van der Waals surface area contributed by atoms with Crippen LogP contribution in [0.15, 0.2) is 36.7 Å². The lowest BCUT2D eigenvalue weighted by molar-refractivity contribution is 0.218. The van der Waals surface area contributed by atoms with E-state index < -0.39 is 6.10 Å². The lowest BCUT2D eigenvalue weighted by Gasteiger charge is -2.13. The second-order valence-electron chi connectivity index (χ2n) is 3.73. The third kappa shape index (κ3) is 2.78. The van der Waals surface area contributed by atoms with Gasteiger partial charge in [-0.2, -0.15) is 0 Å². The first-order valence-corrected chi connectivity index (χ1v) is 6.31. The standard InChI is InChI=1S/C13H11FINO2/c1-18-10-4-8(6-16-7-10)13(17)11-3-2-9(14)5-12(11)15/h2-7,13,17H,1H3. The smallest absolute Gasteiger partial charge is 0.137 e. The topological polar surface area (TPSA) is 42.4 Å². The van der Waals surface area contributed by atoms with Crippen LogP contribution in [0.4, 0.5) is 4.39 Å². The third-order valence-corrected chi connectivity index (χ3v) is 3.48. The molecule has 0 bridgehead atoms. The lowest BCUT2D eigenvalue weighted by atomic mass is 10.0. The molecule has 0 fully saturated rings. The molecule has 1 heterocycles. The van der Waals surface area contributed by atoms with E-state index >= 15 is 0 Å². The Morgan fingerprint density at radius 3 is 2.78 bits per heavy atom. The molecule has 3 nitrogen and oxygen atoms in total. The maximum absolute atomic E-state index is 13.0. The van der Waals surface area contributed by atoms with E-state index in [1.54, 1.807) is 24.5 Å². The van der Waals surface area contributed by atoms with Crippen LogP contribution in [-0.4, -0.2) is 17.2 Å². The summed E-state index contributed by atoms with van der Waals surface area (Å²) < 4.78 is 18.7.